The highest BCUT2D eigenvalue weighted by atomic mass is 19.3. The van der Waals surface area contributed by atoms with Gasteiger partial charge in [0.25, 0.3) is 12.1 Å². The smallest absolute Gasteiger partial charge is 0.280 e. The van der Waals surface area contributed by atoms with Gasteiger partial charge in [-0.25, -0.2) is 8.78 Å². The molecule has 0 atom stereocenters. The fraction of sp³-hybridized carbons (Fsp3) is 0.143. The number of hydrogen-bond donors (Lipinski definition) is 1. The second-order valence-electron chi connectivity index (χ2n) is 2.34. The van der Waals surface area contributed by atoms with Crippen LogP contribution < -0.4 is 5.73 Å². The maximum absolute atomic E-state index is 12.3. The van der Waals surface area contributed by atoms with E-state index in [0.717, 1.165) is 6.07 Å². The first-order chi connectivity index (χ1) is 6.04. The second-order valence-corrected chi connectivity index (χ2v) is 2.34. The summed E-state index contributed by atoms with van der Waals surface area (Å²) < 4.78 is 24.5. The van der Waals surface area contributed by atoms with Crippen molar-refractivity contribution in [2.75, 3.05) is 5.73 Å². The van der Waals surface area contributed by atoms with Gasteiger partial charge in [0, 0.05) is 11.8 Å². The Balaban J connectivity index is 3.34. The molecular formula is C7H6F2N2O2. The van der Waals surface area contributed by atoms with Gasteiger partial charge in [0.15, 0.2) is 0 Å². The summed E-state index contributed by atoms with van der Waals surface area (Å²) >= 11 is 0. The Labute approximate surface area is 72.1 Å². The fourth-order valence-corrected chi connectivity index (χ4v) is 0.967. The molecule has 0 aliphatic heterocycles. The maximum atomic E-state index is 12.3. The summed E-state index contributed by atoms with van der Waals surface area (Å²) in [7, 11) is 0. The Morgan fingerprint density at radius 2 is 2.08 bits per heavy atom. The zero-order valence-corrected chi connectivity index (χ0v) is 6.41. The standard InChI is InChI=1S/C7H6F2N2O2/c8-7(9)6-4(10)2-1-3-5(6)11(12)13/h1-3,7H,10H2. The molecule has 70 valence electrons. The van der Waals surface area contributed by atoms with E-state index in [4.69, 9.17) is 5.73 Å². The number of alkyl halides is 2. The molecule has 0 radical (unpaired) electrons. The van der Waals surface area contributed by atoms with E-state index in [-0.39, 0.29) is 5.69 Å². The van der Waals surface area contributed by atoms with Crippen molar-refractivity contribution in [3.8, 4) is 0 Å². The molecule has 6 heteroatoms. The van der Waals surface area contributed by atoms with Crippen molar-refractivity contribution in [3.05, 3.63) is 33.9 Å². The Bertz CT molecular complexity index is 341. The van der Waals surface area contributed by atoms with Crippen LogP contribution in [0.25, 0.3) is 0 Å². The lowest BCUT2D eigenvalue weighted by atomic mass is 10.1. The highest BCUT2D eigenvalue weighted by molar-refractivity contribution is 5.58. The molecule has 0 aliphatic rings. The van der Waals surface area contributed by atoms with Gasteiger partial charge in [-0.2, -0.15) is 0 Å². The first kappa shape index (κ1) is 9.37. The minimum atomic E-state index is -2.93. The predicted octanol–water partition coefficient (Wildman–Crippen LogP) is 2.11. The molecule has 0 unspecified atom stereocenters. The van der Waals surface area contributed by atoms with E-state index in [1.165, 1.54) is 12.1 Å². The van der Waals surface area contributed by atoms with Gasteiger partial charge >= 0.3 is 0 Å². The third kappa shape index (κ3) is 1.71. The van der Waals surface area contributed by atoms with Crippen molar-refractivity contribution < 1.29 is 13.7 Å². The highest BCUT2D eigenvalue weighted by Gasteiger charge is 2.23. The van der Waals surface area contributed by atoms with Gasteiger partial charge in [-0.05, 0) is 6.07 Å². The molecule has 13 heavy (non-hydrogen) atoms. The van der Waals surface area contributed by atoms with Crippen LogP contribution in [0.2, 0.25) is 0 Å². The number of hydrogen-bond acceptors (Lipinski definition) is 3. The third-order valence-corrected chi connectivity index (χ3v) is 1.53. The van der Waals surface area contributed by atoms with Crippen LogP contribution in [0.1, 0.15) is 12.0 Å². The highest BCUT2D eigenvalue weighted by Crippen LogP contribution is 2.33. The van der Waals surface area contributed by atoms with Crippen molar-refractivity contribution in [1.29, 1.82) is 0 Å². The van der Waals surface area contributed by atoms with E-state index >= 15 is 0 Å². The number of nitrogen functional groups attached to an aromatic ring is 1. The molecule has 1 aromatic carbocycles. The molecule has 0 spiro atoms. The molecule has 0 aromatic heterocycles. The van der Waals surface area contributed by atoms with Crippen LogP contribution in [-0.4, -0.2) is 4.92 Å². The number of nitro groups is 1. The average molecular weight is 188 g/mol. The zero-order valence-electron chi connectivity index (χ0n) is 6.41. The summed E-state index contributed by atoms with van der Waals surface area (Å²) in [6, 6.07) is 3.46. The Morgan fingerprint density at radius 3 is 2.46 bits per heavy atom. The first-order valence-electron chi connectivity index (χ1n) is 3.35. The van der Waals surface area contributed by atoms with Crippen LogP contribution in [0, 0.1) is 10.1 Å². The van der Waals surface area contributed by atoms with Crippen LogP contribution >= 0.6 is 0 Å². The first-order valence-corrected chi connectivity index (χ1v) is 3.35. The van der Waals surface area contributed by atoms with Gasteiger partial charge < -0.3 is 5.73 Å². The number of anilines is 1. The van der Waals surface area contributed by atoms with Crippen LogP contribution in [0.3, 0.4) is 0 Å². The van der Waals surface area contributed by atoms with Crippen molar-refractivity contribution in [3.63, 3.8) is 0 Å². The molecule has 1 aromatic rings. The summed E-state index contributed by atoms with van der Waals surface area (Å²) in [6.07, 6.45) is -2.93. The van der Waals surface area contributed by atoms with Crippen LogP contribution in [0.4, 0.5) is 20.2 Å². The fourth-order valence-electron chi connectivity index (χ4n) is 0.967. The Hall–Kier alpha value is -1.72. The summed E-state index contributed by atoms with van der Waals surface area (Å²) in [5, 5.41) is 10.3. The topological polar surface area (TPSA) is 69.2 Å². The minimum Gasteiger partial charge on any atom is -0.398 e. The summed E-state index contributed by atoms with van der Waals surface area (Å²) in [6.45, 7) is 0. The molecule has 4 nitrogen and oxygen atoms in total. The second kappa shape index (κ2) is 3.34. The van der Waals surface area contributed by atoms with Gasteiger partial charge in [0.2, 0.25) is 0 Å². The molecule has 0 bridgehead atoms. The number of nitro benzene ring substituents is 1. The lowest BCUT2D eigenvalue weighted by molar-refractivity contribution is -0.386. The lowest BCUT2D eigenvalue weighted by Crippen LogP contribution is -2.00. The normalized spacial score (nSPS) is 10.4. The molecule has 0 fully saturated rings. The van der Waals surface area contributed by atoms with Gasteiger partial charge in [-0.15, -0.1) is 0 Å². The molecule has 2 N–H and O–H groups in total. The molecule has 0 amide bonds. The van der Waals surface area contributed by atoms with E-state index in [1.807, 2.05) is 0 Å². The van der Waals surface area contributed by atoms with Gasteiger partial charge in [0.05, 0.1) is 4.92 Å². The quantitative estimate of drug-likeness (QED) is 0.439. The van der Waals surface area contributed by atoms with E-state index in [1.54, 1.807) is 0 Å². The third-order valence-electron chi connectivity index (χ3n) is 1.53. The summed E-state index contributed by atoms with van der Waals surface area (Å²) in [4.78, 5) is 9.42. The minimum absolute atomic E-state index is 0.260. The largest absolute Gasteiger partial charge is 0.398 e. The van der Waals surface area contributed by atoms with Crippen LogP contribution in [0.5, 0.6) is 0 Å². The predicted molar refractivity (Wildman–Crippen MR) is 42.5 cm³/mol. The maximum Gasteiger partial charge on any atom is 0.280 e. The number of halogens is 2. The van der Waals surface area contributed by atoms with Crippen molar-refractivity contribution in [1.82, 2.24) is 0 Å². The van der Waals surface area contributed by atoms with Crippen molar-refractivity contribution in [2.24, 2.45) is 0 Å². The number of nitrogens with zero attached hydrogens (tertiary/aromatic N) is 1. The molecule has 0 aliphatic carbocycles. The number of nitrogens with two attached hydrogens (primary N) is 1. The number of benzene rings is 1. The zero-order chi connectivity index (χ0) is 10.0. The van der Waals surface area contributed by atoms with E-state index in [0.29, 0.717) is 0 Å². The van der Waals surface area contributed by atoms with Gasteiger partial charge in [0.1, 0.15) is 5.56 Å². The Morgan fingerprint density at radius 1 is 1.46 bits per heavy atom. The Kier molecular flexibility index (Phi) is 2.41. The lowest BCUT2D eigenvalue weighted by Gasteiger charge is -2.03. The van der Waals surface area contributed by atoms with Gasteiger partial charge in [-0.1, -0.05) is 6.07 Å². The molecule has 0 saturated carbocycles. The van der Waals surface area contributed by atoms with Gasteiger partial charge in [-0.3, -0.25) is 10.1 Å². The molecule has 1 rings (SSSR count). The summed E-state index contributed by atoms with van der Waals surface area (Å²) in [5.74, 6) is 0. The average Bonchev–Trinajstić information content (AvgIpc) is 2.02. The number of rotatable bonds is 2. The van der Waals surface area contributed by atoms with Crippen molar-refractivity contribution in [2.45, 2.75) is 6.43 Å². The van der Waals surface area contributed by atoms with Crippen LogP contribution in [-0.2, 0) is 0 Å². The van der Waals surface area contributed by atoms with Crippen molar-refractivity contribution >= 4 is 11.4 Å². The molecule has 0 saturated heterocycles. The van der Waals surface area contributed by atoms with Crippen LogP contribution in [0.15, 0.2) is 18.2 Å². The SMILES string of the molecule is Nc1cccc([N+](=O)[O-])c1C(F)F. The van der Waals surface area contributed by atoms with E-state index in [9.17, 15) is 18.9 Å². The molecular weight excluding hydrogens is 182 g/mol. The van der Waals surface area contributed by atoms with E-state index in [2.05, 4.69) is 0 Å². The molecule has 0 heterocycles. The summed E-state index contributed by atoms with van der Waals surface area (Å²) in [5.41, 5.74) is 3.56. The van der Waals surface area contributed by atoms with E-state index < -0.39 is 22.6 Å². The monoisotopic (exact) mass is 188 g/mol.